The first-order valence-corrected chi connectivity index (χ1v) is 4.52. The van der Waals surface area contributed by atoms with Gasteiger partial charge in [-0.2, -0.15) is 0 Å². The maximum absolute atomic E-state index is 5.89. The fourth-order valence-electron chi connectivity index (χ4n) is 1.82. The van der Waals surface area contributed by atoms with Crippen molar-refractivity contribution in [3.63, 3.8) is 0 Å². The van der Waals surface area contributed by atoms with Crippen LogP contribution in [-0.4, -0.2) is 13.7 Å². The van der Waals surface area contributed by atoms with Crippen LogP contribution in [0.4, 0.5) is 11.4 Å². The molecule has 0 atom stereocenters. The third-order valence-electron chi connectivity index (χ3n) is 2.43. The van der Waals surface area contributed by atoms with Gasteiger partial charge in [-0.1, -0.05) is 12.1 Å². The predicted octanol–water partition coefficient (Wildman–Crippen LogP) is 1.58. The summed E-state index contributed by atoms with van der Waals surface area (Å²) in [4.78, 5) is 5.25. The summed E-state index contributed by atoms with van der Waals surface area (Å²) in [6.45, 7) is 0.928. The third kappa shape index (κ3) is 1.35. The minimum absolute atomic E-state index is 0.805. The molecule has 0 amide bonds. The molecule has 1 aromatic carbocycles. The zero-order chi connectivity index (χ0) is 9.26. The van der Waals surface area contributed by atoms with Gasteiger partial charge in [-0.25, -0.2) is 0 Å². The summed E-state index contributed by atoms with van der Waals surface area (Å²) in [6.07, 6.45) is 2.23. The fourth-order valence-corrected chi connectivity index (χ4v) is 1.82. The number of nitrogen functional groups attached to an aromatic ring is 1. The van der Waals surface area contributed by atoms with Crippen molar-refractivity contribution in [3.8, 4) is 0 Å². The van der Waals surface area contributed by atoms with Gasteiger partial charge in [0.15, 0.2) is 0 Å². The molecular formula is C10H14N2O. The summed E-state index contributed by atoms with van der Waals surface area (Å²) in [5.41, 5.74) is 9.03. The Bertz CT molecular complexity index is 312. The van der Waals surface area contributed by atoms with Crippen LogP contribution in [0, 0.1) is 0 Å². The standard InChI is InChI=1S/C10H14N2O/c1-13-12-7-3-5-8-4-2-6-9(11)10(8)12/h2,4,6H,3,5,7,11H2,1H3. The van der Waals surface area contributed by atoms with Gasteiger partial charge in [-0.05, 0) is 24.5 Å². The highest BCUT2D eigenvalue weighted by Gasteiger charge is 2.18. The van der Waals surface area contributed by atoms with Crippen molar-refractivity contribution in [3.05, 3.63) is 23.8 Å². The van der Waals surface area contributed by atoms with Crippen molar-refractivity contribution in [2.24, 2.45) is 0 Å². The average Bonchev–Trinajstić information content (AvgIpc) is 2.17. The van der Waals surface area contributed by atoms with Crippen molar-refractivity contribution < 1.29 is 4.84 Å². The van der Waals surface area contributed by atoms with Crippen molar-refractivity contribution in [2.75, 3.05) is 24.5 Å². The van der Waals surface area contributed by atoms with Crippen molar-refractivity contribution in [1.82, 2.24) is 0 Å². The summed E-state index contributed by atoms with van der Waals surface area (Å²) in [7, 11) is 1.68. The fraction of sp³-hybridized carbons (Fsp3) is 0.400. The van der Waals surface area contributed by atoms with E-state index in [0.717, 1.165) is 30.8 Å². The molecule has 3 heteroatoms. The topological polar surface area (TPSA) is 38.5 Å². The van der Waals surface area contributed by atoms with Gasteiger partial charge in [-0.3, -0.25) is 9.90 Å². The molecular weight excluding hydrogens is 164 g/mol. The minimum atomic E-state index is 0.805. The van der Waals surface area contributed by atoms with Gasteiger partial charge in [-0.15, -0.1) is 0 Å². The number of nitrogens with zero attached hydrogens (tertiary/aromatic N) is 1. The maximum atomic E-state index is 5.89. The molecule has 1 aromatic rings. The molecule has 3 nitrogen and oxygen atoms in total. The lowest BCUT2D eigenvalue weighted by atomic mass is 10.0. The number of hydroxylamine groups is 1. The lowest BCUT2D eigenvalue weighted by Crippen LogP contribution is -2.28. The summed E-state index contributed by atoms with van der Waals surface area (Å²) >= 11 is 0. The van der Waals surface area contributed by atoms with E-state index in [-0.39, 0.29) is 0 Å². The van der Waals surface area contributed by atoms with E-state index in [0.29, 0.717) is 0 Å². The third-order valence-corrected chi connectivity index (χ3v) is 2.43. The number of para-hydroxylation sites is 1. The number of hydrogen-bond acceptors (Lipinski definition) is 3. The van der Waals surface area contributed by atoms with Crippen LogP contribution in [0.5, 0.6) is 0 Å². The normalized spacial score (nSPS) is 15.6. The molecule has 1 aliphatic heterocycles. The van der Waals surface area contributed by atoms with Crippen molar-refractivity contribution in [2.45, 2.75) is 12.8 Å². The lowest BCUT2D eigenvalue weighted by Gasteiger charge is -2.29. The largest absolute Gasteiger partial charge is 0.397 e. The van der Waals surface area contributed by atoms with Crippen LogP contribution in [0.15, 0.2) is 18.2 Å². The Balaban J connectivity index is 2.47. The highest BCUT2D eigenvalue weighted by Crippen LogP contribution is 2.32. The molecule has 0 bridgehead atoms. The second-order valence-corrected chi connectivity index (χ2v) is 3.24. The maximum Gasteiger partial charge on any atom is 0.0897 e. The molecule has 0 spiro atoms. The van der Waals surface area contributed by atoms with E-state index in [1.54, 1.807) is 7.11 Å². The molecule has 0 saturated carbocycles. The van der Waals surface area contributed by atoms with Crippen LogP contribution in [0.3, 0.4) is 0 Å². The van der Waals surface area contributed by atoms with E-state index in [9.17, 15) is 0 Å². The monoisotopic (exact) mass is 178 g/mol. The molecule has 2 rings (SSSR count). The highest BCUT2D eigenvalue weighted by molar-refractivity contribution is 5.71. The van der Waals surface area contributed by atoms with E-state index in [1.807, 2.05) is 17.2 Å². The van der Waals surface area contributed by atoms with Gasteiger partial charge in [0, 0.05) is 6.54 Å². The zero-order valence-electron chi connectivity index (χ0n) is 7.79. The average molecular weight is 178 g/mol. The Labute approximate surface area is 78.1 Å². The highest BCUT2D eigenvalue weighted by atomic mass is 16.7. The summed E-state index contributed by atoms with van der Waals surface area (Å²) in [5.74, 6) is 0. The zero-order valence-corrected chi connectivity index (χ0v) is 7.79. The molecule has 13 heavy (non-hydrogen) atoms. The van der Waals surface area contributed by atoms with Crippen LogP contribution in [-0.2, 0) is 11.3 Å². The van der Waals surface area contributed by atoms with Gasteiger partial charge >= 0.3 is 0 Å². The Morgan fingerprint density at radius 1 is 1.46 bits per heavy atom. The molecule has 70 valence electrons. The number of benzene rings is 1. The second kappa shape index (κ2) is 3.26. The Morgan fingerprint density at radius 3 is 3.08 bits per heavy atom. The van der Waals surface area contributed by atoms with Crippen LogP contribution < -0.4 is 10.8 Å². The molecule has 0 radical (unpaired) electrons. The smallest absolute Gasteiger partial charge is 0.0897 e. The minimum Gasteiger partial charge on any atom is -0.397 e. The van der Waals surface area contributed by atoms with Crippen molar-refractivity contribution >= 4 is 11.4 Å². The Morgan fingerprint density at radius 2 is 2.31 bits per heavy atom. The second-order valence-electron chi connectivity index (χ2n) is 3.24. The lowest BCUT2D eigenvalue weighted by molar-refractivity contribution is 0.162. The predicted molar refractivity (Wildman–Crippen MR) is 53.5 cm³/mol. The SMILES string of the molecule is CON1CCCc2cccc(N)c21. The van der Waals surface area contributed by atoms with Gasteiger partial charge < -0.3 is 5.73 Å². The molecule has 2 N–H and O–H groups in total. The molecule has 0 saturated heterocycles. The molecule has 1 heterocycles. The van der Waals surface area contributed by atoms with Crippen LogP contribution in [0.1, 0.15) is 12.0 Å². The van der Waals surface area contributed by atoms with Crippen LogP contribution in [0.25, 0.3) is 0 Å². The number of hydrogen-bond donors (Lipinski definition) is 1. The van der Waals surface area contributed by atoms with E-state index in [2.05, 4.69) is 6.07 Å². The molecule has 0 unspecified atom stereocenters. The first-order chi connectivity index (χ1) is 6.33. The van der Waals surface area contributed by atoms with E-state index >= 15 is 0 Å². The number of aryl methyl sites for hydroxylation is 1. The quantitative estimate of drug-likeness (QED) is 0.663. The van der Waals surface area contributed by atoms with E-state index in [4.69, 9.17) is 10.6 Å². The summed E-state index contributed by atoms with van der Waals surface area (Å²) in [5, 5.41) is 1.87. The van der Waals surface area contributed by atoms with Gasteiger partial charge in [0.2, 0.25) is 0 Å². The summed E-state index contributed by atoms with van der Waals surface area (Å²) < 4.78 is 0. The first kappa shape index (κ1) is 8.38. The number of anilines is 2. The van der Waals surface area contributed by atoms with E-state index in [1.165, 1.54) is 5.56 Å². The number of rotatable bonds is 1. The summed E-state index contributed by atoms with van der Waals surface area (Å²) in [6, 6.07) is 6.01. The first-order valence-electron chi connectivity index (χ1n) is 4.52. The molecule has 1 aliphatic rings. The Kier molecular flexibility index (Phi) is 2.10. The van der Waals surface area contributed by atoms with E-state index < -0.39 is 0 Å². The number of fused-ring (bicyclic) bond motifs is 1. The van der Waals surface area contributed by atoms with Crippen molar-refractivity contribution in [1.29, 1.82) is 0 Å². The van der Waals surface area contributed by atoms with Gasteiger partial charge in [0.1, 0.15) is 0 Å². The van der Waals surface area contributed by atoms with Gasteiger partial charge in [0.25, 0.3) is 0 Å². The number of nitrogens with two attached hydrogens (primary N) is 1. The molecule has 0 aliphatic carbocycles. The van der Waals surface area contributed by atoms with Crippen LogP contribution >= 0.6 is 0 Å². The van der Waals surface area contributed by atoms with Gasteiger partial charge in [0.05, 0.1) is 18.5 Å². The van der Waals surface area contributed by atoms with Crippen LogP contribution in [0.2, 0.25) is 0 Å². The molecule has 0 fully saturated rings. The Hall–Kier alpha value is -1.22. The molecule has 0 aromatic heterocycles.